The molecule has 5 heteroatoms. The first kappa shape index (κ1) is 14.3. The summed E-state index contributed by atoms with van der Waals surface area (Å²) < 4.78 is 0. The number of carbonyl (C=O) groups excluding carboxylic acids is 1. The van der Waals surface area contributed by atoms with Crippen LogP contribution in [0.15, 0.2) is 0 Å². The molecule has 0 spiro atoms. The Bertz CT molecular complexity index is 338. The summed E-state index contributed by atoms with van der Waals surface area (Å²) >= 11 is 0. The maximum atomic E-state index is 12.1. The molecule has 1 heterocycles. The van der Waals surface area contributed by atoms with E-state index in [1.807, 2.05) is 0 Å². The minimum atomic E-state index is -0.720. The molecule has 0 aromatic rings. The summed E-state index contributed by atoms with van der Waals surface area (Å²) in [6, 6.07) is 0.300. The molecule has 108 valence electrons. The van der Waals surface area contributed by atoms with Gasteiger partial charge in [-0.15, -0.1) is 0 Å². The average molecular weight is 268 g/mol. The van der Waals surface area contributed by atoms with Gasteiger partial charge in [-0.3, -0.25) is 9.59 Å². The lowest BCUT2D eigenvalue weighted by Crippen LogP contribution is -2.41. The number of hydrogen-bond donors (Lipinski definition) is 2. The largest absolute Gasteiger partial charge is 0.481 e. The molecule has 1 unspecified atom stereocenters. The summed E-state index contributed by atoms with van der Waals surface area (Å²) in [4.78, 5) is 25.0. The Morgan fingerprint density at radius 1 is 1.21 bits per heavy atom. The zero-order chi connectivity index (χ0) is 13.8. The molecule has 19 heavy (non-hydrogen) atoms. The number of amides is 1. The average Bonchev–Trinajstić information content (AvgIpc) is 2.75. The third-order valence-corrected chi connectivity index (χ3v) is 4.42. The Labute approximate surface area is 114 Å². The standard InChI is InChI=1S/C14H24N2O3/c1-16-7-6-12(9-16)15-14(19)11-4-2-10(3-5-11)8-13(17)18/h10-12H,2-9H2,1H3,(H,15,19)(H,17,18). The van der Waals surface area contributed by atoms with Gasteiger partial charge in [0.05, 0.1) is 0 Å². The van der Waals surface area contributed by atoms with Gasteiger partial charge in [0.15, 0.2) is 0 Å². The molecule has 2 aliphatic rings. The number of carboxylic acid groups (broad SMARTS) is 1. The third-order valence-electron chi connectivity index (χ3n) is 4.42. The molecule has 2 fully saturated rings. The number of carbonyl (C=O) groups is 2. The van der Waals surface area contributed by atoms with Crippen molar-refractivity contribution in [1.29, 1.82) is 0 Å². The van der Waals surface area contributed by atoms with Crippen LogP contribution in [0.4, 0.5) is 0 Å². The number of rotatable bonds is 4. The van der Waals surface area contributed by atoms with Crippen molar-refractivity contribution < 1.29 is 14.7 Å². The lowest BCUT2D eigenvalue weighted by molar-refractivity contribution is -0.138. The Kier molecular flexibility index (Phi) is 4.80. The number of likely N-dealkylation sites (N-methyl/N-ethyl adjacent to an activating group) is 1. The number of carboxylic acids is 1. The van der Waals surface area contributed by atoms with Gasteiger partial charge in [-0.2, -0.15) is 0 Å². The topological polar surface area (TPSA) is 69.6 Å². The maximum absolute atomic E-state index is 12.1. The first-order valence-electron chi connectivity index (χ1n) is 7.25. The Balaban J connectivity index is 1.71. The van der Waals surface area contributed by atoms with Crippen molar-refractivity contribution in [2.24, 2.45) is 11.8 Å². The van der Waals surface area contributed by atoms with E-state index in [0.717, 1.165) is 45.2 Å². The van der Waals surface area contributed by atoms with Gasteiger partial charge in [0, 0.05) is 24.9 Å². The van der Waals surface area contributed by atoms with Gasteiger partial charge < -0.3 is 15.3 Å². The summed E-state index contributed by atoms with van der Waals surface area (Å²) in [6.07, 6.45) is 4.71. The highest BCUT2D eigenvalue weighted by Crippen LogP contribution is 2.31. The fourth-order valence-corrected chi connectivity index (χ4v) is 3.25. The van der Waals surface area contributed by atoms with Crippen LogP contribution in [0.2, 0.25) is 0 Å². The van der Waals surface area contributed by atoms with Gasteiger partial charge in [0.2, 0.25) is 5.91 Å². The molecular formula is C14H24N2O3. The van der Waals surface area contributed by atoms with Gasteiger partial charge in [-0.1, -0.05) is 0 Å². The molecule has 1 saturated heterocycles. The van der Waals surface area contributed by atoms with Crippen molar-refractivity contribution in [1.82, 2.24) is 10.2 Å². The van der Waals surface area contributed by atoms with Crippen LogP contribution in [0.25, 0.3) is 0 Å². The molecule has 1 atom stereocenters. The number of aliphatic carboxylic acids is 1. The van der Waals surface area contributed by atoms with Crippen LogP contribution in [-0.2, 0) is 9.59 Å². The van der Waals surface area contributed by atoms with Gasteiger partial charge in [-0.25, -0.2) is 0 Å². The molecule has 0 aromatic heterocycles. The SMILES string of the molecule is CN1CCC(NC(=O)C2CCC(CC(=O)O)CC2)C1. The second-order valence-corrected chi connectivity index (χ2v) is 6.07. The monoisotopic (exact) mass is 268 g/mol. The molecule has 0 aromatic carbocycles. The van der Waals surface area contributed by atoms with E-state index in [4.69, 9.17) is 5.11 Å². The highest BCUT2D eigenvalue weighted by Gasteiger charge is 2.29. The van der Waals surface area contributed by atoms with Crippen molar-refractivity contribution in [3.05, 3.63) is 0 Å². The molecule has 0 bridgehead atoms. The minimum Gasteiger partial charge on any atom is -0.481 e. The second-order valence-electron chi connectivity index (χ2n) is 6.07. The van der Waals surface area contributed by atoms with Crippen molar-refractivity contribution in [3.63, 3.8) is 0 Å². The highest BCUT2D eigenvalue weighted by atomic mass is 16.4. The molecule has 1 aliphatic carbocycles. The van der Waals surface area contributed by atoms with Gasteiger partial charge in [0.1, 0.15) is 0 Å². The number of likely N-dealkylation sites (tertiary alicyclic amines) is 1. The zero-order valence-corrected chi connectivity index (χ0v) is 11.6. The van der Waals surface area contributed by atoms with E-state index < -0.39 is 5.97 Å². The van der Waals surface area contributed by atoms with Crippen molar-refractivity contribution in [2.45, 2.75) is 44.6 Å². The van der Waals surface area contributed by atoms with Gasteiger partial charge >= 0.3 is 5.97 Å². The van der Waals surface area contributed by atoms with E-state index in [-0.39, 0.29) is 24.2 Å². The van der Waals surface area contributed by atoms with Crippen LogP contribution in [0, 0.1) is 11.8 Å². The molecule has 5 nitrogen and oxygen atoms in total. The molecule has 2 N–H and O–H groups in total. The van der Waals surface area contributed by atoms with Crippen molar-refractivity contribution in [2.75, 3.05) is 20.1 Å². The normalized spacial score (nSPS) is 32.2. The number of hydrogen-bond acceptors (Lipinski definition) is 3. The fourth-order valence-electron chi connectivity index (χ4n) is 3.25. The predicted molar refractivity (Wildman–Crippen MR) is 71.7 cm³/mol. The summed E-state index contributed by atoms with van der Waals surface area (Å²) in [6.45, 7) is 2.00. The smallest absolute Gasteiger partial charge is 0.303 e. The van der Waals surface area contributed by atoms with E-state index in [0.29, 0.717) is 6.04 Å². The fraction of sp³-hybridized carbons (Fsp3) is 0.857. The van der Waals surface area contributed by atoms with Crippen LogP contribution < -0.4 is 5.32 Å². The van der Waals surface area contributed by atoms with Crippen molar-refractivity contribution in [3.8, 4) is 0 Å². The van der Waals surface area contributed by atoms with Gasteiger partial charge in [-0.05, 0) is 51.6 Å². The lowest BCUT2D eigenvalue weighted by atomic mass is 9.80. The highest BCUT2D eigenvalue weighted by molar-refractivity contribution is 5.79. The van der Waals surface area contributed by atoms with Crippen molar-refractivity contribution >= 4 is 11.9 Å². The molecule has 1 amide bonds. The predicted octanol–water partition coefficient (Wildman–Crippen LogP) is 1.09. The quantitative estimate of drug-likeness (QED) is 0.800. The first-order chi connectivity index (χ1) is 9.04. The molecule has 1 aliphatic heterocycles. The van der Waals surface area contributed by atoms with Crippen LogP contribution in [0.5, 0.6) is 0 Å². The summed E-state index contributed by atoms with van der Waals surface area (Å²) in [5, 5.41) is 11.9. The van der Waals surface area contributed by atoms with Gasteiger partial charge in [0.25, 0.3) is 0 Å². The van der Waals surface area contributed by atoms with Crippen LogP contribution >= 0.6 is 0 Å². The Morgan fingerprint density at radius 3 is 2.42 bits per heavy atom. The molecule has 1 saturated carbocycles. The third kappa shape index (κ3) is 4.20. The second kappa shape index (κ2) is 6.37. The molecule has 2 rings (SSSR count). The summed E-state index contributed by atoms with van der Waals surface area (Å²) in [5.74, 6) is -0.189. The van der Waals surface area contributed by atoms with E-state index in [2.05, 4.69) is 17.3 Å². The molecular weight excluding hydrogens is 244 g/mol. The maximum Gasteiger partial charge on any atom is 0.303 e. The van der Waals surface area contributed by atoms with E-state index >= 15 is 0 Å². The number of nitrogens with zero attached hydrogens (tertiary/aromatic N) is 1. The minimum absolute atomic E-state index is 0.0935. The van der Waals surface area contributed by atoms with E-state index in [1.165, 1.54) is 0 Å². The Hall–Kier alpha value is -1.10. The van der Waals surface area contributed by atoms with E-state index in [1.54, 1.807) is 0 Å². The van der Waals surface area contributed by atoms with Crippen LogP contribution in [-0.4, -0.2) is 48.1 Å². The lowest BCUT2D eigenvalue weighted by Gasteiger charge is -2.27. The van der Waals surface area contributed by atoms with E-state index in [9.17, 15) is 9.59 Å². The summed E-state index contributed by atoms with van der Waals surface area (Å²) in [5.41, 5.74) is 0. The molecule has 0 radical (unpaired) electrons. The summed E-state index contributed by atoms with van der Waals surface area (Å²) in [7, 11) is 2.07. The zero-order valence-electron chi connectivity index (χ0n) is 11.6. The van der Waals surface area contributed by atoms with Crippen LogP contribution in [0.3, 0.4) is 0 Å². The van der Waals surface area contributed by atoms with Crippen LogP contribution in [0.1, 0.15) is 38.5 Å². The Morgan fingerprint density at radius 2 is 1.89 bits per heavy atom. The first-order valence-corrected chi connectivity index (χ1v) is 7.25. The number of nitrogens with one attached hydrogen (secondary N) is 1.